The zero-order valence-corrected chi connectivity index (χ0v) is 13.4. The fourth-order valence-corrected chi connectivity index (χ4v) is 2.83. The quantitative estimate of drug-likeness (QED) is 0.825. The lowest BCUT2D eigenvalue weighted by Gasteiger charge is -2.12. The van der Waals surface area contributed by atoms with Crippen LogP contribution in [0.1, 0.15) is 24.7 Å². The van der Waals surface area contributed by atoms with Crippen LogP contribution in [0, 0.1) is 6.92 Å². The average Bonchev–Trinajstić information content (AvgIpc) is 2.82. The number of carboxylic acid groups (broad SMARTS) is 1. The molecule has 0 bridgehead atoms. The van der Waals surface area contributed by atoms with E-state index in [-0.39, 0.29) is 5.75 Å². The lowest BCUT2D eigenvalue weighted by atomic mass is 10.2. The topological polar surface area (TPSA) is 68.0 Å². The Morgan fingerprint density at radius 3 is 2.86 bits per heavy atom. The number of benzene rings is 1. The maximum Gasteiger partial charge on any atom is 0.313 e. The number of hydrogen-bond acceptors (Lipinski definition) is 4. The molecule has 112 valence electrons. The number of nitrogens with zero attached hydrogens (tertiary/aromatic N) is 3. The molecular formula is C14H16ClN3O2S. The van der Waals surface area contributed by atoms with Gasteiger partial charge in [-0.15, -0.1) is 10.2 Å². The summed E-state index contributed by atoms with van der Waals surface area (Å²) in [4.78, 5) is 10.8. The van der Waals surface area contributed by atoms with Gasteiger partial charge in [-0.3, -0.25) is 9.36 Å². The van der Waals surface area contributed by atoms with Crippen LogP contribution in [-0.4, -0.2) is 31.6 Å². The third-order valence-electron chi connectivity index (χ3n) is 2.84. The first-order valence-corrected chi connectivity index (χ1v) is 7.94. The Bertz CT molecular complexity index is 658. The fraction of sp³-hybridized carbons (Fsp3) is 0.357. The van der Waals surface area contributed by atoms with Gasteiger partial charge < -0.3 is 5.11 Å². The van der Waals surface area contributed by atoms with Crippen LogP contribution in [0.15, 0.2) is 23.4 Å². The van der Waals surface area contributed by atoms with Crippen molar-refractivity contribution in [2.75, 3.05) is 5.75 Å². The lowest BCUT2D eigenvalue weighted by molar-refractivity contribution is -0.133. The fourth-order valence-electron chi connectivity index (χ4n) is 1.94. The molecule has 21 heavy (non-hydrogen) atoms. The van der Waals surface area contributed by atoms with Crippen LogP contribution in [0.5, 0.6) is 0 Å². The highest BCUT2D eigenvalue weighted by Crippen LogP contribution is 2.28. The molecule has 0 saturated carbocycles. The Hall–Kier alpha value is -1.53. The van der Waals surface area contributed by atoms with Gasteiger partial charge in [0.1, 0.15) is 5.82 Å². The summed E-state index contributed by atoms with van der Waals surface area (Å²) in [5.74, 6) is -0.159. The highest BCUT2D eigenvalue weighted by molar-refractivity contribution is 7.99. The van der Waals surface area contributed by atoms with Crippen LogP contribution in [0.4, 0.5) is 0 Å². The van der Waals surface area contributed by atoms with Crippen molar-refractivity contribution in [1.29, 1.82) is 0 Å². The summed E-state index contributed by atoms with van der Waals surface area (Å²) < 4.78 is 1.85. The third-order valence-corrected chi connectivity index (χ3v) is 4.07. The average molecular weight is 326 g/mol. The van der Waals surface area contributed by atoms with Crippen LogP contribution in [0.2, 0.25) is 5.02 Å². The SMILES string of the molecule is CCCc1nnc(SCC(=O)O)n1-c1cc(C)ccc1Cl. The molecule has 0 fully saturated rings. The monoisotopic (exact) mass is 325 g/mol. The summed E-state index contributed by atoms with van der Waals surface area (Å²) in [5, 5.41) is 18.3. The maximum absolute atomic E-state index is 10.8. The zero-order chi connectivity index (χ0) is 15.4. The van der Waals surface area contributed by atoms with Crippen LogP contribution >= 0.6 is 23.4 Å². The van der Waals surface area contributed by atoms with E-state index in [4.69, 9.17) is 16.7 Å². The molecule has 7 heteroatoms. The number of aromatic nitrogens is 3. The first kappa shape index (κ1) is 15.9. The van der Waals surface area contributed by atoms with E-state index in [0.717, 1.165) is 41.7 Å². The third kappa shape index (κ3) is 3.77. The molecule has 1 heterocycles. The molecule has 0 aliphatic rings. The molecular weight excluding hydrogens is 310 g/mol. The smallest absolute Gasteiger partial charge is 0.313 e. The first-order valence-electron chi connectivity index (χ1n) is 6.58. The van der Waals surface area contributed by atoms with Gasteiger partial charge >= 0.3 is 5.97 Å². The molecule has 0 spiro atoms. The predicted octanol–water partition coefficient (Wildman–Crippen LogP) is 3.36. The van der Waals surface area contributed by atoms with Crippen molar-refractivity contribution in [1.82, 2.24) is 14.8 Å². The molecule has 0 radical (unpaired) electrons. The van der Waals surface area contributed by atoms with E-state index in [9.17, 15) is 4.79 Å². The number of carboxylic acids is 1. The molecule has 1 aromatic carbocycles. The van der Waals surface area contributed by atoms with Gasteiger partial charge in [0.05, 0.1) is 16.5 Å². The molecule has 0 aliphatic heterocycles. The molecule has 0 atom stereocenters. The van der Waals surface area contributed by atoms with Crippen LogP contribution in [-0.2, 0) is 11.2 Å². The van der Waals surface area contributed by atoms with E-state index in [2.05, 4.69) is 17.1 Å². The number of thioether (sulfide) groups is 1. The van der Waals surface area contributed by atoms with Crippen molar-refractivity contribution in [3.05, 3.63) is 34.6 Å². The number of rotatable bonds is 6. The Morgan fingerprint density at radius 2 is 2.19 bits per heavy atom. The molecule has 2 aromatic rings. The van der Waals surface area contributed by atoms with Gasteiger partial charge in [0.2, 0.25) is 0 Å². The van der Waals surface area contributed by atoms with Crippen molar-refractivity contribution in [2.24, 2.45) is 0 Å². The van der Waals surface area contributed by atoms with Crippen molar-refractivity contribution in [3.63, 3.8) is 0 Å². The number of carbonyl (C=O) groups is 1. The Labute approximate surface area is 132 Å². The lowest BCUT2D eigenvalue weighted by Crippen LogP contribution is -2.05. The summed E-state index contributed by atoms with van der Waals surface area (Å²) in [6.45, 7) is 4.04. The van der Waals surface area contributed by atoms with Gasteiger partial charge in [0, 0.05) is 6.42 Å². The summed E-state index contributed by atoms with van der Waals surface area (Å²) in [6.07, 6.45) is 1.68. The van der Waals surface area contributed by atoms with Crippen LogP contribution < -0.4 is 0 Å². The number of aliphatic carboxylic acids is 1. The Kier molecular flexibility index (Phi) is 5.25. The van der Waals surface area contributed by atoms with Gasteiger partial charge in [-0.2, -0.15) is 0 Å². The van der Waals surface area contributed by atoms with Crippen molar-refractivity contribution in [3.8, 4) is 5.69 Å². The minimum Gasteiger partial charge on any atom is -0.481 e. The highest BCUT2D eigenvalue weighted by Gasteiger charge is 2.17. The summed E-state index contributed by atoms with van der Waals surface area (Å²) >= 11 is 7.43. The number of aryl methyl sites for hydroxylation is 2. The largest absolute Gasteiger partial charge is 0.481 e. The summed E-state index contributed by atoms with van der Waals surface area (Å²) in [7, 11) is 0. The minimum atomic E-state index is -0.887. The number of halogens is 1. The van der Waals surface area contributed by atoms with Crippen molar-refractivity contribution in [2.45, 2.75) is 31.8 Å². The second-order valence-electron chi connectivity index (χ2n) is 4.62. The van der Waals surface area contributed by atoms with E-state index >= 15 is 0 Å². The van der Waals surface area contributed by atoms with E-state index < -0.39 is 5.97 Å². The van der Waals surface area contributed by atoms with Crippen molar-refractivity contribution >= 4 is 29.3 Å². The predicted molar refractivity (Wildman–Crippen MR) is 83.5 cm³/mol. The molecule has 0 saturated heterocycles. The van der Waals surface area contributed by atoms with E-state index in [0.29, 0.717) is 10.2 Å². The maximum atomic E-state index is 10.8. The standard InChI is InChI=1S/C14H16ClN3O2S/c1-3-4-12-16-17-14(21-8-13(19)20)18(12)11-7-9(2)5-6-10(11)15/h5-7H,3-4,8H2,1-2H3,(H,19,20). The van der Waals surface area contributed by atoms with Crippen LogP contribution in [0.25, 0.3) is 5.69 Å². The van der Waals surface area contributed by atoms with E-state index in [1.54, 1.807) is 0 Å². The van der Waals surface area contributed by atoms with Gasteiger partial charge in [0.25, 0.3) is 0 Å². The molecule has 0 aliphatic carbocycles. The van der Waals surface area contributed by atoms with Gasteiger partial charge in [0.15, 0.2) is 5.16 Å². The van der Waals surface area contributed by atoms with E-state index in [1.807, 2.05) is 29.7 Å². The molecule has 0 unspecified atom stereocenters. The molecule has 1 aromatic heterocycles. The first-order chi connectivity index (χ1) is 10.0. The normalized spacial score (nSPS) is 10.8. The summed E-state index contributed by atoms with van der Waals surface area (Å²) in [6, 6.07) is 5.71. The van der Waals surface area contributed by atoms with Gasteiger partial charge in [-0.05, 0) is 31.0 Å². The Balaban J connectivity index is 2.49. The highest BCUT2D eigenvalue weighted by atomic mass is 35.5. The molecule has 2 rings (SSSR count). The molecule has 5 nitrogen and oxygen atoms in total. The summed E-state index contributed by atoms with van der Waals surface area (Å²) in [5.41, 5.74) is 1.86. The van der Waals surface area contributed by atoms with Crippen LogP contribution in [0.3, 0.4) is 0 Å². The second-order valence-corrected chi connectivity index (χ2v) is 5.97. The minimum absolute atomic E-state index is 0.0618. The molecule has 1 N–H and O–H groups in total. The zero-order valence-electron chi connectivity index (χ0n) is 11.8. The van der Waals surface area contributed by atoms with Gasteiger partial charge in [-0.25, -0.2) is 0 Å². The van der Waals surface area contributed by atoms with Gasteiger partial charge in [-0.1, -0.05) is 36.4 Å². The Morgan fingerprint density at radius 1 is 1.43 bits per heavy atom. The van der Waals surface area contributed by atoms with E-state index in [1.165, 1.54) is 0 Å². The molecule has 0 amide bonds. The second kappa shape index (κ2) is 6.95. The number of hydrogen-bond donors (Lipinski definition) is 1. The van der Waals surface area contributed by atoms with Crippen molar-refractivity contribution < 1.29 is 9.90 Å².